The molecule has 2 saturated heterocycles. The zero-order valence-corrected chi connectivity index (χ0v) is 38.0. The van der Waals surface area contributed by atoms with Crippen LogP contribution in [0.4, 0.5) is 56.1 Å². The number of halogens is 8. The number of carbonyl (C=O) groups is 4. The van der Waals surface area contributed by atoms with E-state index in [1.807, 2.05) is 12.1 Å². The Morgan fingerprint density at radius 2 is 1.13 bits per heavy atom. The lowest BCUT2D eigenvalue weighted by Gasteiger charge is -2.33. The van der Waals surface area contributed by atoms with Crippen molar-refractivity contribution >= 4 is 35.1 Å². The Morgan fingerprint density at radius 1 is 0.620 bits per heavy atom. The zero-order valence-electron chi connectivity index (χ0n) is 38.0. The molecule has 4 aliphatic rings. The van der Waals surface area contributed by atoms with Crippen LogP contribution in [0.25, 0.3) is 11.5 Å². The third-order valence-corrected chi connectivity index (χ3v) is 12.4. The molecule has 1 aromatic heterocycles. The van der Waals surface area contributed by atoms with E-state index < -0.39 is 54.0 Å². The van der Waals surface area contributed by atoms with Crippen molar-refractivity contribution in [3.05, 3.63) is 118 Å². The van der Waals surface area contributed by atoms with Crippen LogP contribution in [0.3, 0.4) is 0 Å². The van der Waals surface area contributed by atoms with Gasteiger partial charge in [0, 0.05) is 72.6 Å². The number of Topliss-reactive ketones (excluding diaryl/α,β-unsaturated/α-hetero) is 1. The lowest BCUT2D eigenvalue weighted by molar-refractivity contribution is -0.173. The average molecular weight is 998 g/mol. The summed E-state index contributed by atoms with van der Waals surface area (Å²) < 4.78 is 121. The Bertz CT molecular complexity index is 2770. The largest absolute Gasteiger partial charge is 0.493 e. The van der Waals surface area contributed by atoms with Gasteiger partial charge in [-0.2, -0.15) is 26.3 Å². The van der Waals surface area contributed by atoms with Gasteiger partial charge < -0.3 is 29.0 Å². The van der Waals surface area contributed by atoms with E-state index in [4.69, 9.17) is 9.47 Å². The van der Waals surface area contributed by atoms with Gasteiger partial charge in [0.05, 0.1) is 32.8 Å². The number of fused-ring (bicyclic) bond motifs is 2. The maximum atomic E-state index is 15.1. The number of ketones is 1. The van der Waals surface area contributed by atoms with Gasteiger partial charge in [-0.15, -0.1) is 10.2 Å². The first kappa shape index (κ1) is 50.1. The first-order chi connectivity index (χ1) is 33.9. The number of piperidine rings is 2. The fourth-order valence-corrected chi connectivity index (χ4v) is 8.55. The fraction of sp³-hybridized carbons (Fsp3) is 0.388. The highest BCUT2D eigenvalue weighted by molar-refractivity contribution is 6.00. The molecule has 0 radical (unpaired) electrons. The molecule has 0 spiro atoms. The smallest absolute Gasteiger partial charge is 0.471 e. The number of hydrogen-bond acceptors (Lipinski definition) is 9. The molecular formula is C49H47F8N7O7. The second-order valence-corrected chi connectivity index (χ2v) is 17.2. The number of rotatable bonds is 10. The second kappa shape index (κ2) is 21.4. The first-order valence-corrected chi connectivity index (χ1v) is 22.9. The normalized spacial score (nSPS) is 15.4. The number of urea groups is 2. The maximum Gasteiger partial charge on any atom is 0.471 e. The lowest BCUT2D eigenvalue weighted by Crippen LogP contribution is -2.45. The summed E-state index contributed by atoms with van der Waals surface area (Å²) in [6.45, 7) is 2.48. The van der Waals surface area contributed by atoms with Crippen molar-refractivity contribution in [2.45, 2.75) is 76.8 Å². The summed E-state index contributed by atoms with van der Waals surface area (Å²) in [6, 6.07) is 17.7. The van der Waals surface area contributed by atoms with Gasteiger partial charge in [0.2, 0.25) is 5.89 Å². The van der Waals surface area contributed by atoms with Crippen LogP contribution in [0.5, 0.6) is 11.5 Å². The van der Waals surface area contributed by atoms with Crippen LogP contribution < -0.4 is 24.6 Å². The SMILES string of the molecule is O=C(CNC(=O)C(F)(F)F)c1ccc(CN(C(=O)N2CCCCC2)c2ccc3c(c2)CCO3)c(F)c1.O=C(N1CCCCC1)N(Cc1ccc(-c2nnc(C(F)(F)F)o2)cc1F)c1ccc2c(c1)CCO2. The van der Waals surface area contributed by atoms with E-state index in [2.05, 4.69) is 14.6 Å². The topological polar surface area (TPSA) is 151 Å². The van der Waals surface area contributed by atoms with Crippen LogP contribution >= 0.6 is 0 Å². The van der Waals surface area contributed by atoms with Gasteiger partial charge >= 0.3 is 36.2 Å². The number of ether oxygens (including phenoxy) is 2. The summed E-state index contributed by atoms with van der Waals surface area (Å²) >= 11 is 0. The fourth-order valence-electron chi connectivity index (χ4n) is 8.55. The molecule has 22 heteroatoms. The number of likely N-dealkylation sites (tertiary alicyclic amines) is 2. The molecule has 4 aromatic carbocycles. The van der Waals surface area contributed by atoms with E-state index in [9.17, 15) is 45.5 Å². The van der Waals surface area contributed by atoms with Crippen LogP contribution in [0.15, 0.2) is 77.2 Å². The number of nitrogens with zero attached hydrogens (tertiary/aromatic N) is 6. The van der Waals surface area contributed by atoms with Gasteiger partial charge in [-0.05, 0) is 104 Å². The summed E-state index contributed by atoms with van der Waals surface area (Å²) in [5.74, 6) is -5.04. The van der Waals surface area contributed by atoms with Gasteiger partial charge in [0.15, 0.2) is 5.78 Å². The van der Waals surface area contributed by atoms with Crippen molar-refractivity contribution in [1.29, 1.82) is 0 Å². The number of hydrogen-bond donors (Lipinski definition) is 1. The van der Waals surface area contributed by atoms with Gasteiger partial charge in [-0.1, -0.05) is 18.2 Å². The van der Waals surface area contributed by atoms with Crippen molar-refractivity contribution in [3.8, 4) is 23.0 Å². The number of nitrogens with one attached hydrogen (secondary N) is 1. The summed E-state index contributed by atoms with van der Waals surface area (Å²) in [6.07, 6.45) is -2.82. The zero-order chi connectivity index (χ0) is 50.5. The third kappa shape index (κ3) is 12.0. The number of benzene rings is 4. The minimum absolute atomic E-state index is 0.0119. The summed E-state index contributed by atoms with van der Waals surface area (Å²) in [4.78, 5) is 56.5. The molecule has 4 aliphatic heterocycles. The van der Waals surface area contributed by atoms with Crippen LogP contribution in [-0.4, -0.2) is 95.9 Å². The van der Waals surface area contributed by atoms with Gasteiger partial charge in [-0.3, -0.25) is 19.4 Å². The molecule has 2 fully saturated rings. The van der Waals surface area contributed by atoms with Crippen molar-refractivity contribution in [2.75, 3.05) is 55.7 Å². The summed E-state index contributed by atoms with van der Waals surface area (Å²) in [7, 11) is 0. The van der Waals surface area contributed by atoms with Crippen molar-refractivity contribution in [2.24, 2.45) is 0 Å². The number of aromatic nitrogens is 2. The van der Waals surface area contributed by atoms with Crippen LogP contribution in [-0.2, 0) is 36.9 Å². The molecule has 0 unspecified atom stereocenters. The predicted octanol–water partition coefficient (Wildman–Crippen LogP) is 9.68. The summed E-state index contributed by atoms with van der Waals surface area (Å²) in [5, 5.41) is 7.82. The van der Waals surface area contributed by atoms with E-state index in [0.29, 0.717) is 57.2 Å². The number of alkyl halides is 6. The number of carbonyl (C=O) groups excluding carboxylic acids is 4. The van der Waals surface area contributed by atoms with E-state index >= 15 is 8.78 Å². The Morgan fingerprint density at radius 3 is 1.59 bits per heavy atom. The molecule has 376 valence electrons. The van der Waals surface area contributed by atoms with E-state index in [1.165, 1.54) is 39.4 Å². The molecule has 14 nitrogen and oxygen atoms in total. The number of amides is 5. The van der Waals surface area contributed by atoms with Crippen LogP contribution in [0, 0.1) is 11.6 Å². The molecule has 0 atom stereocenters. The molecule has 0 aliphatic carbocycles. The molecule has 0 bridgehead atoms. The Hall–Kier alpha value is -7.26. The maximum absolute atomic E-state index is 15.1. The average Bonchev–Trinajstić information content (AvgIpc) is 4.17. The highest BCUT2D eigenvalue weighted by atomic mass is 19.4. The second-order valence-electron chi connectivity index (χ2n) is 17.2. The Balaban J connectivity index is 0.000000190. The van der Waals surface area contributed by atoms with Crippen molar-refractivity contribution in [1.82, 2.24) is 25.3 Å². The molecule has 5 aromatic rings. The van der Waals surface area contributed by atoms with Crippen LogP contribution in [0.2, 0.25) is 0 Å². The van der Waals surface area contributed by atoms with Crippen LogP contribution in [0.1, 0.15) is 77.0 Å². The van der Waals surface area contributed by atoms with Crippen molar-refractivity contribution < 1.29 is 68.2 Å². The quantitative estimate of drug-likeness (QED) is 0.107. The van der Waals surface area contributed by atoms with Crippen molar-refractivity contribution in [3.63, 3.8) is 0 Å². The van der Waals surface area contributed by atoms with Gasteiger partial charge in [-0.25, -0.2) is 18.4 Å². The molecule has 0 saturated carbocycles. The predicted molar refractivity (Wildman–Crippen MR) is 240 cm³/mol. The molecular weight excluding hydrogens is 951 g/mol. The molecule has 5 heterocycles. The van der Waals surface area contributed by atoms with E-state index in [0.717, 1.165) is 79.7 Å². The molecule has 9 rings (SSSR count). The minimum Gasteiger partial charge on any atom is -0.493 e. The Labute approximate surface area is 401 Å². The Kier molecular flexibility index (Phi) is 15.1. The monoisotopic (exact) mass is 997 g/mol. The molecule has 71 heavy (non-hydrogen) atoms. The first-order valence-electron chi connectivity index (χ1n) is 22.9. The van der Waals surface area contributed by atoms with E-state index in [-0.39, 0.29) is 47.4 Å². The highest BCUT2D eigenvalue weighted by Crippen LogP contribution is 2.35. The third-order valence-electron chi connectivity index (χ3n) is 12.4. The number of anilines is 2. The lowest BCUT2D eigenvalue weighted by atomic mass is 10.1. The molecule has 5 amide bonds. The minimum atomic E-state index is -5.12. The van der Waals surface area contributed by atoms with Gasteiger partial charge in [0.25, 0.3) is 0 Å². The standard InChI is InChI=1S/C25H25F4N3O4.C24H22F4N4O3/c26-20-13-16(21(33)14-30-23(34)25(27,28)29)4-5-18(20)15-32(24(35)31-9-2-1-3-10-31)19-6-7-22-17(12-19)8-11-36-22;25-19-13-16(21-29-30-22(35-21)24(26,27)28)4-5-17(19)14-32(23(33)31-9-2-1-3-10-31)18-6-7-20-15(12-18)8-11-34-20/h4-7,12-13H,1-3,8-11,14-15H2,(H,30,34);4-7,12-13H,1-3,8-11,14H2. The summed E-state index contributed by atoms with van der Waals surface area (Å²) in [5.41, 5.74) is 3.29. The van der Waals surface area contributed by atoms with Gasteiger partial charge in [0.1, 0.15) is 23.1 Å². The van der Waals surface area contributed by atoms with E-state index in [1.54, 1.807) is 34.1 Å². The highest BCUT2D eigenvalue weighted by Gasteiger charge is 2.39. The molecule has 1 N–H and O–H groups in total.